The number of hydrogen-bond donors (Lipinski definition) is 1. The van der Waals surface area contributed by atoms with Gasteiger partial charge < -0.3 is 14.6 Å². The summed E-state index contributed by atoms with van der Waals surface area (Å²) in [5.74, 6) is 0.604. The molecule has 0 saturated heterocycles. The van der Waals surface area contributed by atoms with E-state index < -0.39 is 0 Å². The van der Waals surface area contributed by atoms with Crippen molar-refractivity contribution in [2.45, 2.75) is 32.7 Å². The topological polar surface area (TPSA) is 55.6 Å². The molecule has 1 amide bonds. The van der Waals surface area contributed by atoms with Gasteiger partial charge in [-0.2, -0.15) is 0 Å². The number of ether oxygens (including phenoxy) is 1. The van der Waals surface area contributed by atoms with E-state index in [0.717, 1.165) is 33.2 Å². The summed E-state index contributed by atoms with van der Waals surface area (Å²) in [4.78, 5) is 17.6. The van der Waals surface area contributed by atoms with Gasteiger partial charge in [0.1, 0.15) is 5.75 Å². The second-order valence-corrected chi connectivity index (χ2v) is 8.35. The molecule has 5 nitrogen and oxygen atoms in total. The van der Waals surface area contributed by atoms with E-state index in [-0.39, 0.29) is 12.5 Å². The Morgan fingerprint density at radius 3 is 2.68 bits per heavy atom. The Bertz CT molecular complexity index is 1130. The average molecular weight is 391 g/mol. The number of aryl methyl sites for hydroxylation is 2. The first-order valence-corrected chi connectivity index (χ1v) is 10.3. The van der Waals surface area contributed by atoms with Crippen molar-refractivity contribution in [2.75, 3.05) is 11.9 Å². The smallest absolute Gasteiger partial charge is 0.262 e. The number of anilines is 1. The summed E-state index contributed by atoms with van der Waals surface area (Å²) in [6, 6.07) is 12.9. The number of carbonyl (C=O) groups excluding carboxylic acids is 1. The van der Waals surface area contributed by atoms with Gasteiger partial charge in [-0.05, 0) is 68.1 Å². The molecule has 142 valence electrons. The van der Waals surface area contributed by atoms with E-state index in [4.69, 9.17) is 9.73 Å². The monoisotopic (exact) mass is 391 g/mol. The largest absolute Gasteiger partial charge is 0.482 e. The van der Waals surface area contributed by atoms with Crippen LogP contribution in [0.4, 0.5) is 11.4 Å². The number of hydrogen-bond acceptors (Lipinski definition) is 4. The van der Waals surface area contributed by atoms with Crippen LogP contribution in [0.3, 0.4) is 0 Å². The maximum Gasteiger partial charge on any atom is 0.262 e. The highest BCUT2D eigenvalue weighted by molar-refractivity contribution is 7.07. The number of rotatable bonds is 3. The van der Waals surface area contributed by atoms with Gasteiger partial charge in [-0.25, -0.2) is 4.99 Å². The molecule has 2 aliphatic rings. The van der Waals surface area contributed by atoms with Crippen LogP contribution in [0.25, 0.3) is 11.3 Å². The number of benzene rings is 2. The standard InChI is InChI=1S/C22H21N3O2S/c1-13-7-14(2)9-16(8-13)23-22-25(17-4-5-17)19(12-28-22)15-3-6-20-18(10-15)24-21(26)11-27-20/h3,6-10,12,17H,4-5,11H2,1-2H3,(H,24,26). The molecule has 1 aliphatic heterocycles. The maximum atomic E-state index is 11.7. The van der Waals surface area contributed by atoms with E-state index in [1.807, 2.05) is 12.1 Å². The Labute approximate surface area is 167 Å². The molecule has 28 heavy (non-hydrogen) atoms. The highest BCUT2D eigenvalue weighted by Crippen LogP contribution is 2.40. The molecular formula is C22H21N3O2S. The number of thiazole rings is 1. The van der Waals surface area contributed by atoms with Gasteiger partial charge in [0.2, 0.25) is 0 Å². The van der Waals surface area contributed by atoms with E-state index in [2.05, 4.69) is 53.4 Å². The molecule has 3 aromatic rings. The van der Waals surface area contributed by atoms with Crippen molar-refractivity contribution in [1.29, 1.82) is 0 Å². The number of nitrogens with one attached hydrogen (secondary N) is 1. The number of nitrogens with zero attached hydrogens (tertiary/aromatic N) is 2. The summed E-state index contributed by atoms with van der Waals surface area (Å²) in [6.07, 6.45) is 2.35. The van der Waals surface area contributed by atoms with Crippen LogP contribution >= 0.6 is 11.3 Å². The predicted octanol–water partition coefficient (Wildman–Crippen LogP) is 4.73. The highest BCUT2D eigenvalue weighted by atomic mass is 32.1. The van der Waals surface area contributed by atoms with Crippen LogP contribution in [-0.4, -0.2) is 17.1 Å². The Morgan fingerprint density at radius 1 is 1.14 bits per heavy atom. The van der Waals surface area contributed by atoms with Crippen LogP contribution in [0.5, 0.6) is 5.75 Å². The number of fused-ring (bicyclic) bond motifs is 1. The molecule has 1 aromatic heterocycles. The van der Waals surface area contributed by atoms with E-state index in [1.54, 1.807) is 11.3 Å². The van der Waals surface area contributed by atoms with E-state index in [0.29, 0.717) is 6.04 Å². The van der Waals surface area contributed by atoms with Crippen LogP contribution in [0.15, 0.2) is 46.8 Å². The fourth-order valence-electron chi connectivity index (χ4n) is 3.67. The molecule has 1 saturated carbocycles. The summed E-state index contributed by atoms with van der Waals surface area (Å²) in [6.45, 7) is 4.28. The molecule has 5 rings (SSSR count). The molecule has 0 spiro atoms. The number of carbonyl (C=O) groups is 1. The molecule has 0 atom stereocenters. The summed E-state index contributed by atoms with van der Waals surface area (Å²) in [5, 5.41) is 5.06. The van der Waals surface area contributed by atoms with Gasteiger partial charge >= 0.3 is 0 Å². The molecule has 1 N–H and O–H groups in total. The Kier molecular flexibility index (Phi) is 4.09. The van der Waals surface area contributed by atoms with Gasteiger partial charge in [0.05, 0.1) is 17.1 Å². The normalized spacial score (nSPS) is 16.5. The lowest BCUT2D eigenvalue weighted by molar-refractivity contribution is -0.118. The van der Waals surface area contributed by atoms with Gasteiger partial charge in [-0.15, -0.1) is 11.3 Å². The van der Waals surface area contributed by atoms with Crippen LogP contribution in [0, 0.1) is 13.8 Å². The quantitative estimate of drug-likeness (QED) is 0.702. The first kappa shape index (κ1) is 17.3. The molecule has 2 heterocycles. The fourth-order valence-corrected chi connectivity index (χ4v) is 4.65. The molecule has 0 radical (unpaired) electrons. The molecule has 0 unspecified atom stereocenters. The van der Waals surface area contributed by atoms with Gasteiger partial charge in [0, 0.05) is 17.0 Å². The summed E-state index contributed by atoms with van der Waals surface area (Å²) < 4.78 is 7.83. The first-order valence-electron chi connectivity index (χ1n) is 9.47. The third-order valence-electron chi connectivity index (χ3n) is 4.99. The summed E-state index contributed by atoms with van der Waals surface area (Å²) in [5.41, 5.74) is 6.37. The highest BCUT2D eigenvalue weighted by Gasteiger charge is 2.28. The molecule has 2 aromatic carbocycles. The lowest BCUT2D eigenvalue weighted by atomic mass is 10.1. The Hall–Kier alpha value is -2.86. The van der Waals surface area contributed by atoms with Crippen LogP contribution in [-0.2, 0) is 4.79 Å². The van der Waals surface area contributed by atoms with Crippen LogP contribution < -0.4 is 14.9 Å². The van der Waals surface area contributed by atoms with Crippen molar-refractivity contribution in [1.82, 2.24) is 4.57 Å². The summed E-state index contributed by atoms with van der Waals surface area (Å²) >= 11 is 1.66. The van der Waals surface area contributed by atoms with Crippen molar-refractivity contribution in [3.63, 3.8) is 0 Å². The molecular weight excluding hydrogens is 370 g/mol. The second kappa shape index (κ2) is 6.63. The second-order valence-electron chi connectivity index (χ2n) is 7.51. The Balaban J connectivity index is 1.61. The zero-order chi connectivity index (χ0) is 19.3. The minimum absolute atomic E-state index is 0.0752. The summed E-state index contributed by atoms with van der Waals surface area (Å²) in [7, 11) is 0. The van der Waals surface area contributed by atoms with E-state index in [9.17, 15) is 4.79 Å². The minimum Gasteiger partial charge on any atom is -0.482 e. The van der Waals surface area contributed by atoms with Crippen molar-refractivity contribution in [2.24, 2.45) is 4.99 Å². The van der Waals surface area contributed by atoms with E-state index >= 15 is 0 Å². The van der Waals surface area contributed by atoms with Crippen molar-refractivity contribution in [3.05, 3.63) is 57.7 Å². The molecule has 1 fully saturated rings. The Morgan fingerprint density at radius 2 is 1.93 bits per heavy atom. The van der Waals surface area contributed by atoms with Gasteiger partial charge in [-0.3, -0.25) is 4.79 Å². The van der Waals surface area contributed by atoms with Gasteiger partial charge in [-0.1, -0.05) is 6.07 Å². The van der Waals surface area contributed by atoms with Crippen LogP contribution in [0.1, 0.15) is 30.0 Å². The van der Waals surface area contributed by atoms with Gasteiger partial charge in [0.15, 0.2) is 11.4 Å². The molecule has 0 bridgehead atoms. The van der Waals surface area contributed by atoms with Crippen molar-refractivity contribution < 1.29 is 9.53 Å². The zero-order valence-corrected chi connectivity index (χ0v) is 16.7. The molecule has 6 heteroatoms. The zero-order valence-electron chi connectivity index (χ0n) is 15.9. The SMILES string of the molecule is Cc1cc(C)cc(N=c2scc(-c3ccc4c(c3)NC(=O)CO4)n2C2CC2)c1. The third-order valence-corrected chi connectivity index (χ3v) is 5.83. The fraction of sp³-hybridized carbons (Fsp3) is 0.273. The maximum absolute atomic E-state index is 11.7. The molecule has 1 aliphatic carbocycles. The third kappa shape index (κ3) is 3.24. The lowest BCUT2D eigenvalue weighted by Crippen LogP contribution is -2.25. The minimum atomic E-state index is -0.115. The van der Waals surface area contributed by atoms with Crippen molar-refractivity contribution in [3.8, 4) is 17.0 Å². The van der Waals surface area contributed by atoms with Gasteiger partial charge in [0.25, 0.3) is 5.91 Å². The van der Waals surface area contributed by atoms with Crippen molar-refractivity contribution >= 4 is 28.6 Å². The first-order chi connectivity index (χ1) is 13.6. The lowest BCUT2D eigenvalue weighted by Gasteiger charge is -2.19. The van der Waals surface area contributed by atoms with Crippen LogP contribution in [0.2, 0.25) is 0 Å². The predicted molar refractivity (Wildman–Crippen MR) is 111 cm³/mol. The average Bonchev–Trinajstić information content (AvgIpc) is 3.40. The number of amides is 1. The number of aromatic nitrogens is 1. The van der Waals surface area contributed by atoms with E-state index in [1.165, 1.54) is 24.0 Å².